The molecule has 3 aromatic rings. The second-order valence-electron chi connectivity index (χ2n) is 6.85. The number of aryl methyl sites for hydroxylation is 1. The van der Waals surface area contributed by atoms with Crippen LogP contribution in [-0.2, 0) is 17.8 Å². The van der Waals surface area contributed by atoms with Crippen LogP contribution in [0, 0.1) is 0 Å². The number of hydrogen-bond acceptors (Lipinski definition) is 7. The molecule has 32 heavy (non-hydrogen) atoms. The van der Waals surface area contributed by atoms with Crippen molar-refractivity contribution in [2.24, 2.45) is 0 Å². The summed E-state index contributed by atoms with van der Waals surface area (Å²) in [5.74, 6) is 2.37. The van der Waals surface area contributed by atoms with Gasteiger partial charge in [0.25, 0.3) is 0 Å². The molecule has 1 aromatic heterocycles. The molecule has 0 saturated heterocycles. The molecule has 0 atom stereocenters. The van der Waals surface area contributed by atoms with Gasteiger partial charge in [0.2, 0.25) is 11.7 Å². The van der Waals surface area contributed by atoms with Gasteiger partial charge in [0, 0.05) is 17.8 Å². The molecule has 170 valence electrons. The van der Waals surface area contributed by atoms with E-state index in [0.717, 1.165) is 17.7 Å². The molecule has 0 aliphatic carbocycles. The summed E-state index contributed by atoms with van der Waals surface area (Å²) in [6.45, 7) is 4.74. The van der Waals surface area contributed by atoms with Crippen LogP contribution in [0.4, 0.5) is 5.69 Å². The zero-order valence-corrected chi connectivity index (χ0v) is 19.8. The topological polar surface area (TPSA) is 87.5 Å². The molecule has 0 unspecified atom stereocenters. The van der Waals surface area contributed by atoms with E-state index in [-0.39, 0.29) is 11.7 Å². The molecule has 0 fully saturated rings. The summed E-state index contributed by atoms with van der Waals surface area (Å²) < 4.78 is 18.3. The molecule has 0 bridgehead atoms. The Bertz CT molecular complexity index is 1040. The monoisotopic (exact) mass is 456 g/mol. The van der Waals surface area contributed by atoms with E-state index in [9.17, 15) is 4.79 Å². The SMILES string of the molecule is CCc1ccc(NC(=O)CSc2nnc(-c3cc(OC)c(OC)c(OC)c3)n2CC)cc1. The predicted molar refractivity (Wildman–Crippen MR) is 126 cm³/mol. The van der Waals surface area contributed by atoms with Crippen molar-refractivity contribution in [1.82, 2.24) is 14.8 Å². The zero-order valence-electron chi connectivity index (χ0n) is 19.0. The van der Waals surface area contributed by atoms with Crippen molar-refractivity contribution in [3.05, 3.63) is 42.0 Å². The van der Waals surface area contributed by atoms with Gasteiger partial charge in [-0.2, -0.15) is 0 Å². The fourth-order valence-electron chi connectivity index (χ4n) is 3.26. The summed E-state index contributed by atoms with van der Waals surface area (Å²) in [6, 6.07) is 11.5. The maximum absolute atomic E-state index is 12.4. The van der Waals surface area contributed by atoms with Crippen LogP contribution in [0.1, 0.15) is 19.4 Å². The maximum Gasteiger partial charge on any atom is 0.234 e. The number of amides is 1. The lowest BCUT2D eigenvalue weighted by Crippen LogP contribution is -2.14. The smallest absolute Gasteiger partial charge is 0.234 e. The normalized spacial score (nSPS) is 10.7. The van der Waals surface area contributed by atoms with Crippen molar-refractivity contribution < 1.29 is 19.0 Å². The third kappa shape index (κ3) is 5.16. The molecule has 0 saturated carbocycles. The van der Waals surface area contributed by atoms with Gasteiger partial charge in [-0.05, 0) is 43.2 Å². The highest BCUT2D eigenvalue weighted by Gasteiger charge is 2.19. The molecule has 0 aliphatic heterocycles. The summed E-state index contributed by atoms with van der Waals surface area (Å²) in [4.78, 5) is 12.4. The van der Waals surface area contributed by atoms with Gasteiger partial charge in [0.05, 0.1) is 27.1 Å². The van der Waals surface area contributed by atoms with Gasteiger partial charge in [0.1, 0.15) is 0 Å². The van der Waals surface area contributed by atoms with E-state index in [1.54, 1.807) is 21.3 Å². The Hall–Kier alpha value is -3.20. The maximum atomic E-state index is 12.4. The Morgan fingerprint density at radius 3 is 2.19 bits per heavy atom. The van der Waals surface area contributed by atoms with E-state index < -0.39 is 0 Å². The predicted octanol–water partition coefficient (Wildman–Crippen LogP) is 4.28. The highest BCUT2D eigenvalue weighted by molar-refractivity contribution is 7.99. The first kappa shape index (κ1) is 23.5. The molecule has 0 radical (unpaired) electrons. The van der Waals surface area contributed by atoms with E-state index in [2.05, 4.69) is 22.4 Å². The Kier molecular flexibility index (Phi) is 7.99. The molecule has 2 aromatic carbocycles. The quantitative estimate of drug-likeness (QED) is 0.456. The third-order valence-electron chi connectivity index (χ3n) is 4.93. The highest BCUT2D eigenvalue weighted by Crippen LogP contribution is 2.41. The first-order valence-electron chi connectivity index (χ1n) is 10.3. The van der Waals surface area contributed by atoms with Gasteiger partial charge >= 0.3 is 0 Å². The van der Waals surface area contributed by atoms with Crippen LogP contribution in [0.25, 0.3) is 11.4 Å². The number of anilines is 1. The number of thioether (sulfide) groups is 1. The van der Waals surface area contributed by atoms with Crippen LogP contribution in [0.5, 0.6) is 17.2 Å². The molecule has 0 spiro atoms. The molecule has 0 aliphatic rings. The number of benzene rings is 2. The van der Waals surface area contributed by atoms with Crippen LogP contribution >= 0.6 is 11.8 Å². The lowest BCUT2D eigenvalue weighted by molar-refractivity contribution is -0.113. The van der Waals surface area contributed by atoms with Gasteiger partial charge in [-0.25, -0.2) is 0 Å². The number of aromatic nitrogens is 3. The number of carbonyl (C=O) groups is 1. The first-order chi connectivity index (χ1) is 15.5. The van der Waals surface area contributed by atoms with Crippen LogP contribution in [0.15, 0.2) is 41.6 Å². The Labute approximate surface area is 192 Å². The lowest BCUT2D eigenvalue weighted by atomic mass is 10.1. The van der Waals surface area contributed by atoms with E-state index in [1.165, 1.54) is 17.3 Å². The molecule has 1 amide bonds. The average molecular weight is 457 g/mol. The molecule has 9 heteroatoms. The van der Waals surface area contributed by atoms with Gasteiger partial charge in [-0.3, -0.25) is 4.79 Å². The van der Waals surface area contributed by atoms with E-state index >= 15 is 0 Å². The van der Waals surface area contributed by atoms with Crippen molar-refractivity contribution >= 4 is 23.4 Å². The summed E-state index contributed by atoms with van der Waals surface area (Å²) in [6.07, 6.45) is 0.963. The molecule has 1 N–H and O–H groups in total. The van der Waals surface area contributed by atoms with E-state index in [1.807, 2.05) is 47.9 Å². The van der Waals surface area contributed by atoms with Crippen LogP contribution < -0.4 is 19.5 Å². The number of carbonyl (C=O) groups excluding carboxylic acids is 1. The van der Waals surface area contributed by atoms with Crippen molar-refractivity contribution in [2.45, 2.75) is 32.0 Å². The minimum atomic E-state index is -0.0979. The average Bonchev–Trinajstić information content (AvgIpc) is 3.25. The minimum Gasteiger partial charge on any atom is -0.493 e. The standard InChI is InChI=1S/C23H28N4O4S/c1-6-15-8-10-17(11-9-15)24-20(28)14-32-23-26-25-22(27(23)7-2)16-12-18(29-3)21(31-5)19(13-16)30-4/h8-13H,6-7,14H2,1-5H3,(H,24,28). The second-order valence-corrected chi connectivity index (χ2v) is 7.79. The molecular weight excluding hydrogens is 428 g/mol. The van der Waals surface area contributed by atoms with Gasteiger partial charge in [0.15, 0.2) is 22.5 Å². The first-order valence-corrected chi connectivity index (χ1v) is 11.3. The van der Waals surface area contributed by atoms with Crippen molar-refractivity contribution in [2.75, 3.05) is 32.4 Å². The van der Waals surface area contributed by atoms with Crippen LogP contribution in [0.3, 0.4) is 0 Å². The number of nitrogens with zero attached hydrogens (tertiary/aromatic N) is 3. The largest absolute Gasteiger partial charge is 0.493 e. The van der Waals surface area contributed by atoms with Gasteiger partial charge in [-0.15, -0.1) is 10.2 Å². The van der Waals surface area contributed by atoms with Gasteiger partial charge < -0.3 is 24.1 Å². The third-order valence-corrected chi connectivity index (χ3v) is 5.90. The van der Waals surface area contributed by atoms with Crippen molar-refractivity contribution in [3.8, 4) is 28.6 Å². The fraction of sp³-hybridized carbons (Fsp3) is 0.348. The Morgan fingerprint density at radius 1 is 1.00 bits per heavy atom. The number of rotatable bonds is 10. The molecular formula is C23H28N4O4S. The minimum absolute atomic E-state index is 0.0979. The van der Waals surface area contributed by atoms with Crippen molar-refractivity contribution in [3.63, 3.8) is 0 Å². The number of ether oxygens (including phenoxy) is 3. The molecule has 3 rings (SSSR count). The van der Waals surface area contributed by atoms with Crippen LogP contribution in [0.2, 0.25) is 0 Å². The van der Waals surface area contributed by atoms with Crippen molar-refractivity contribution in [1.29, 1.82) is 0 Å². The number of methoxy groups -OCH3 is 3. The summed E-state index contributed by atoms with van der Waals surface area (Å²) in [5.41, 5.74) is 2.79. The lowest BCUT2D eigenvalue weighted by Gasteiger charge is -2.14. The van der Waals surface area contributed by atoms with Gasteiger partial charge in [-0.1, -0.05) is 30.8 Å². The summed E-state index contributed by atoms with van der Waals surface area (Å²) in [5, 5.41) is 12.2. The number of hydrogen-bond donors (Lipinski definition) is 1. The van der Waals surface area contributed by atoms with E-state index in [0.29, 0.717) is 34.8 Å². The summed E-state index contributed by atoms with van der Waals surface area (Å²) in [7, 11) is 4.70. The molecule has 1 heterocycles. The zero-order chi connectivity index (χ0) is 23.1. The second kappa shape index (κ2) is 10.9. The van der Waals surface area contributed by atoms with Crippen LogP contribution in [-0.4, -0.2) is 47.8 Å². The Balaban J connectivity index is 1.77. The fourth-order valence-corrected chi connectivity index (χ4v) is 4.06. The summed E-state index contributed by atoms with van der Waals surface area (Å²) >= 11 is 1.34. The van der Waals surface area contributed by atoms with E-state index in [4.69, 9.17) is 14.2 Å². The highest BCUT2D eigenvalue weighted by atomic mass is 32.2. The Morgan fingerprint density at radius 2 is 1.66 bits per heavy atom. The number of nitrogens with one attached hydrogen (secondary N) is 1. The molecule has 8 nitrogen and oxygen atoms in total.